The molecule has 0 aliphatic rings. The Morgan fingerprint density at radius 1 is 1.82 bits per heavy atom. The van der Waals surface area contributed by atoms with Crippen LogP contribution in [-0.2, 0) is 4.79 Å². The highest BCUT2D eigenvalue weighted by Crippen LogP contribution is 2.22. The number of hydrogen-bond acceptors (Lipinski definition) is 3. The van der Waals surface area contributed by atoms with Gasteiger partial charge in [0.1, 0.15) is 6.04 Å². The standard InChI is InChI=1S/C8H9NOS/c1-6(10)8(9-2)7-4-3-5-11-7/h3-5,8H,2H2,1H3. The second kappa shape index (κ2) is 3.44. The van der Waals surface area contributed by atoms with Crippen LogP contribution < -0.4 is 0 Å². The molecule has 0 aliphatic heterocycles. The highest BCUT2D eigenvalue weighted by Gasteiger charge is 2.13. The van der Waals surface area contributed by atoms with Crippen molar-refractivity contribution in [3.63, 3.8) is 0 Å². The van der Waals surface area contributed by atoms with Gasteiger partial charge in [-0.15, -0.1) is 11.3 Å². The number of carbonyl (C=O) groups is 1. The van der Waals surface area contributed by atoms with Gasteiger partial charge in [0.25, 0.3) is 0 Å². The van der Waals surface area contributed by atoms with E-state index in [0.29, 0.717) is 0 Å². The van der Waals surface area contributed by atoms with Crippen LogP contribution >= 0.6 is 11.3 Å². The van der Waals surface area contributed by atoms with E-state index in [9.17, 15) is 4.79 Å². The Kier molecular flexibility index (Phi) is 2.54. The molecule has 0 saturated carbocycles. The summed E-state index contributed by atoms with van der Waals surface area (Å²) >= 11 is 1.53. The van der Waals surface area contributed by atoms with E-state index in [1.165, 1.54) is 18.3 Å². The number of Topliss-reactive ketones (excluding diaryl/α,β-unsaturated/α-hetero) is 1. The van der Waals surface area contributed by atoms with Crippen molar-refractivity contribution >= 4 is 23.8 Å². The van der Waals surface area contributed by atoms with Gasteiger partial charge >= 0.3 is 0 Å². The molecule has 1 rings (SSSR count). The van der Waals surface area contributed by atoms with Crippen LogP contribution in [0.2, 0.25) is 0 Å². The van der Waals surface area contributed by atoms with Gasteiger partial charge in [-0.25, -0.2) is 0 Å². The molecular weight excluding hydrogens is 158 g/mol. The number of hydrogen-bond donors (Lipinski definition) is 0. The van der Waals surface area contributed by atoms with Crippen molar-refractivity contribution < 1.29 is 4.79 Å². The summed E-state index contributed by atoms with van der Waals surface area (Å²) in [7, 11) is 0. The molecule has 58 valence electrons. The lowest BCUT2D eigenvalue weighted by molar-refractivity contribution is -0.118. The van der Waals surface area contributed by atoms with E-state index in [-0.39, 0.29) is 11.8 Å². The first-order valence-electron chi connectivity index (χ1n) is 3.25. The Morgan fingerprint density at radius 3 is 2.91 bits per heavy atom. The average Bonchev–Trinajstić information content (AvgIpc) is 2.40. The maximum Gasteiger partial charge on any atom is 0.159 e. The lowest BCUT2D eigenvalue weighted by Crippen LogP contribution is -2.03. The fourth-order valence-corrected chi connectivity index (χ4v) is 1.71. The van der Waals surface area contributed by atoms with Crippen LogP contribution in [-0.4, -0.2) is 12.5 Å². The van der Waals surface area contributed by atoms with Crippen LogP contribution in [0.5, 0.6) is 0 Å². The molecule has 0 aliphatic carbocycles. The van der Waals surface area contributed by atoms with Crippen molar-refractivity contribution in [1.82, 2.24) is 0 Å². The minimum absolute atomic E-state index is 0.0439. The van der Waals surface area contributed by atoms with E-state index >= 15 is 0 Å². The Bertz CT molecular complexity index is 253. The molecule has 0 aromatic carbocycles. The maximum absolute atomic E-state index is 10.9. The van der Waals surface area contributed by atoms with E-state index in [1.54, 1.807) is 0 Å². The largest absolute Gasteiger partial charge is 0.297 e. The van der Waals surface area contributed by atoms with Crippen LogP contribution in [0.1, 0.15) is 17.8 Å². The number of thiophene rings is 1. The topological polar surface area (TPSA) is 29.4 Å². The summed E-state index contributed by atoms with van der Waals surface area (Å²) in [5.74, 6) is 0.0439. The number of aliphatic imine (C=N–C) groups is 1. The van der Waals surface area contributed by atoms with E-state index in [4.69, 9.17) is 0 Å². The van der Waals surface area contributed by atoms with Crippen molar-refractivity contribution in [2.75, 3.05) is 0 Å². The van der Waals surface area contributed by atoms with Crippen LogP contribution in [0.25, 0.3) is 0 Å². The molecule has 0 N–H and O–H groups in total. The van der Waals surface area contributed by atoms with Crippen LogP contribution in [0.15, 0.2) is 22.5 Å². The molecule has 1 unspecified atom stereocenters. The smallest absolute Gasteiger partial charge is 0.159 e. The minimum atomic E-state index is -0.352. The molecule has 0 radical (unpaired) electrons. The van der Waals surface area contributed by atoms with Gasteiger partial charge in [-0.2, -0.15) is 0 Å². The molecule has 3 heteroatoms. The third-order valence-corrected chi connectivity index (χ3v) is 2.31. The Balaban J connectivity index is 2.88. The maximum atomic E-state index is 10.9. The van der Waals surface area contributed by atoms with E-state index in [0.717, 1.165) is 4.88 Å². The highest BCUT2D eigenvalue weighted by molar-refractivity contribution is 7.10. The normalized spacial score (nSPS) is 12.5. The summed E-state index contributed by atoms with van der Waals surface area (Å²) in [6, 6.07) is 3.45. The molecule has 1 heterocycles. The SMILES string of the molecule is C=NC(C(C)=O)c1cccs1. The molecule has 0 spiro atoms. The predicted octanol–water partition coefficient (Wildman–Crippen LogP) is 2.08. The van der Waals surface area contributed by atoms with Gasteiger partial charge in [0.2, 0.25) is 0 Å². The van der Waals surface area contributed by atoms with Crippen LogP contribution in [0.3, 0.4) is 0 Å². The van der Waals surface area contributed by atoms with Crippen molar-refractivity contribution in [1.29, 1.82) is 0 Å². The predicted molar refractivity (Wildman–Crippen MR) is 47.3 cm³/mol. The highest BCUT2D eigenvalue weighted by atomic mass is 32.1. The Labute approximate surface area is 69.6 Å². The zero-order chi connectivity index (χ0) is 8.27. The number of nitrogens with zero attached hydrogens (tertiary/aromatic N) is 1. The third-order valence-electron chi connectivity index (χ3n) is 1.38. The van der Waals surface area contributed by atoms with Crippen LogP contribution in [0, 0.1) is 0 Å². The second-order valence-electron chi connectivity index (χ2n) is 2.21. The summed E-state index contributed by atoms with van der Waals surface area (Å²) < 4.78 is 0. The molecular formula is C8H9NOS. The summed E-state index contributed by atoms with van der Waals surface area (Å²) in [6.07, 6.45) is 0. The van der Waals surface area contributed by atoms with Crippen molar-refractivity contribution in [2.45, 2.75) is 13.0 Å². The van der Waals surface area contributed by atoms with E-state index < -0.39 is 0 Å². The van der Waals surface area contributed by atoms with E-state index in [2.05, 4.69) is 11.7 Å². The average molecular weight is 167 g/mol. The first-order valence-corrected chi connectivity index (χ1v) is 4.13. The van der Waals surface area contributed by atoms with Gasteiger partial charge in [0.05, 0.1) is 0 Å². The number of carbonyl (C=O) groups excluding carboxylic acids is 1. The van der Waals surface area contributed by atoms with Crippen molar-refractivity contribution in [3.8, 4) is 0 Å². The van der Waals surface area contributed by atoms with Gasteiger partial charge < -0.3 is 0 Å². The molecule has 1 aromatic heterocycles. The third kappa shape index (κ3) is 1.74. The van der Waals surface area contributed by atoms with Gasteiger partial charge in [0, 0.05) is 4.88 Å². The molecule has 0 amide bonds. The minimum Gasteiger partial charge on any atom is -0.297 e. The van der Waals surface area contributed by atoms with Crippen LogP contribution in [0.4, 0.5) is 0 Å². The van der Waals surface area contributed by atoms with Crippen molar-refractivity contribution in [2.24, 2.45) is 4.99 Å². The van der Waals surface area contributed by atoms with Gasteiger partial charge in [0.15, 0.2) is 5.78 Å². The molecule has 2 nitrogen and oxygen atoms in total. The molecule has 1 atom stereocenters. The molecule has 0 saturated heterocycles. The number of ketones is 1. The van der Waals surface area contributed by atoms with Gasteiger partial charge in [-0.1, -0.05) is 6.07 Å². The summed E-state index contributed by atoms with van der Waals surface area (Å²) in [6.45, 7) is 4.90. The molecule has 0 bridgehead atoms. The summed E-state index contributed by atoms with van der Waals surface area (Å²) in [5, 5.41) is 1.93. The van der Waals surface area contributed by atoms with Gasteiger partial charge in [-0.05, 0) is 25.1 Å². The number of rotatable bonds is 3. The summed E-state index contributed by atoms with van der Waals surface area (Å²) in [5.41, 5.74) is 0. The Hall–Kier alpha value is -0.960. The fourth-order valence-electron chi connectivity index (χ4n) is 0.866. The lowest BCUT2D eigenvalue weighted by atomic mass is 10.2. The zero-order valence-electron chi connectivity index (χ0n) is 6.28. The lowest BCUT2D eigenvalue weighted by Gasteiger charge is -2.03. The molecule has 0 fully saturated rings. The zero-order valence-corrected chi connectivity index (χ0v) is 7.10. The Morgan fingerprint density at radius 2 is 2.55 bits per heavy atom. The quantitative estimate of drug-likeness (QED) is 0.634. The second-order valence-corrected chi connectivity index (χ2v) is 3.19. The van der Waals surface area contributed by atoms with Gasteiger partial charge in [-0.3, -0.25) is 9.79 Å². The first kappa shape index (κ1) is 8.14. The first-order chi connectivity index (χ1) is 5.25. The molecule has 11 heavy (non-hydrogen) atoms. The molecule has 1 aromatic rings. The van der Waals surface area contributed by atoms with E-state index in [1.807, 2.05) is 17.5 Å². The monoisotopic (exact) mass is 167 g/mol. The summed E-state index contributed by atoms with van der Waals surface area (Å²) in [4.78, 5) is 15.7. The fraction of sp³-hybridized carbons (Fsp3) is 0.250. The van der Waals surface area contributed by atoms with Crippen molar-refractivity contribution in [3.05, 3.63) is 22.4 Å².